The number of hydrogen-bond acceptors (Lipinski definition) is 5. The van der Waals surface area contributed by atoms with Crippen molar-refractivity contribution in [1.29, 1.82) is 0 Å². The molecule has 0 saturated carbocycles. The quantitative estimate of drug-likeness (QED) is 0.677. The monoisotopic (exact) mass is 289 g/mol. The molecule has 0 aliphatic carbocycles. The highest BCUT2D eigenvalue weighted by Gasteiger charge is 2.04. The van der Waals surface area contributed by atoms with Gasteiger partial charge in [-0.3, -0.25) is 0 Å². The van der Waals surface area contributed by atoms with E-state index in [1.54, 1.807) is 24.9 Å². The molecule has 0 bridgehead atoms. The summed E-state index contributed by atoms with van der Waals surface area (Å²) in [5.41, 5.74) is 9.64. The van der Waals surface area contributed by atoms with Gasteiger partial charge >= 0.3 is 0 Å². The van der Waals surface area contributed by atoms with Gasteiger partial charge in [0.2, 0.25) is 0 Å². The van der Waals surface area contributed by atoms with Gasteiger partial charge in [0, 0.05) is 18.9 Å². The number of aryl methyl sites for hydroxylation is 2. The second kappa shape index (κ2) is 6.72. The lowest BCUT2D eigenvalue weighted by atomic mass is 10.1. The van der Waals surface area contributed by atoms with Crippen molar-refractivity contribution in [3.63, 3.8) is 0 Å². The third kappa shape index (κ3) is 4.21. The minimum atomic E-state index is 0.377. The van der Waals surface area contributed by atoms with Crippen LogP contribution in [0.2, 0.25) is 0 Å². The molecule has 0 aliphatic heterocycles. The molecule has 0 aliphatic rings. The maximum atomic E-state index is 5.79. The largest absolute Gasteiger partial charge is 0.384 e. The predicted molar refractivity (Wildman–Crippen MR) is 82.6 cm³/mol. The summed E-state index contributed by atoms with van der Waals surface area (Å²) < 4.78 is 5.04. The first kappa shape index (κ1) is 14.8. The van der Waals surface area contributed by atoms with E-state index in [0.29, 0.717) is 18.2 Å². The van der Waals surface area contributed by atoms with E-state index in [0.717, 1.165) is 10.8 Å². The van der Waals surface area contributed by atoms with Gasteiger partial charge in [-0.2, -0.15) is 0 Å². The molecular weight excluding hydrogens is 270 g/mol. The molecule has 0 fully saturated rings. The summed E-state index contributed by atoms with van der Waals surface area (Å²) in [6.45, 7) is 4.60. The predicted octanol–water partition coefficient (Wildman–Crippen LogP) is 3.11. The molecule has 2 rings (SSSR count). The van der Waals surface area contributed by atoms with Crippen molar-refractivity contribution in [2.45, 2.75) is 31.2 Å². The average Bonchev–Trinajstić information content (AvgIpc) is 2.35. The van der Waals surface area contributed by atoms with Crippen LogP contribution < -0.4 is 5.73 Å². The van der Waals surface area contributed by atoms with Crippen LogP contribution in [-0.4, -0.2) is 17.1 Å². The molecule has 106 valence electrons. The Labute approximate surface area is 123 Å². The fraction of sp³-hybridized carbons (Fsp3) is 0.333. The van der Waals surface area contributed by atoms with E-state index < -0.39 is 0 Å². The first-order chi connectivity index (χ1) is 9.56. The Hall–Kier alpha value is -1.59. The van der Waals surface area contributed by atoms with Gasteiger partial charge in [0.25, 0.3) is 0 Å². The minimum Gasteiger partial charge on any atom is -0.384 e. The van der Waals surface area contributed by atoms with Crippen LogP contribution in [-0.2, 0) is 17.1 Å². The van der Waals surface area contributed by atoms with Crippen LogP contribution >= 0.6 is 11.8 Å². The SMILES string of the molecule is COCc1nc(N)cc(SCc2cc(C)cc(C)c2)n1. The van der Waals surface area contributed by atoms with Crippen LogP contribution in [0.3, 0.4) is 0 Å². The number of thioether (sulfide) groups is 1. The molecule has 1 aromatic carbocycles. The topological polar surface area (TPSA) is 61.0 Å². The zero-order valence-corrected chi connectivity index (χ0v) is 12.8. The lowest BCUT2D eigenvalue weighted by Crippen LogP contribution is -2.02. The summed E-state index contributed by atoms with van der Waals surface area (Å²) in [5.74, 6) is 1.97. The van der Waals surface area contributed by atoms with Crippen LogP contribution in [0.25, 0.3) is 0 Å². The Balaban J connectivity index is 2.10. The van der Waals surface area contributed by atoms with Crippen LogP contribution in [0.15, 0.2) is 29.3 Å². The number of nitrogen functional groups attached to an aromatic ring is 1. The Morgan fingerprint density at radius 2 is 1.80 bits per heavy atom. The highest BCUT2D eigenvalue weighted by atomic mass is 32.2. The number of nitrogens with zero attached hydrogens (tertiary/aromatic N) is 2. The molecule has 0 spiro atoms. The maximum Gasteiger partial charge on any atom is 0.157 e. The van der Waals surface area contributed by atoms with Gasteiger partial charge in [0.1, 0.15) is 17.5 Å². The molecule has 1 heterocycles. The van der Waals surface area contributed by atoms with Crippen molar-refractivity contribution in [3.8, 4) is 0 Å². The molecule has 2 N–H and O–H groups in total. The average molecular weight is 289 g/mol. The number of ether oxygens (including phenoxy) is 1. The molecule has 4 nitrogen and oxygen atoms in total. The second-order valence-electron chi connectivity index (χ2n) is 4.76. The van der Waals surface area contributed by atoms with Crippen molar-refractivity contribution >= 4 is 17.6 Å². The summed E-state index contributed by atoms with van der Waals surface area (Å²) in [4.78, 5) is 8.57. The molecule has 0 radical (unpaired) electrons. The fourth-order valence-corrected chi connectivity index (χ4v) is 2.92. The Morgan fingerprint density at radius 1 is 1.10 bits per heavy atom. The minimum absolute atomic E-state index is 0.377. The van der Waals surface area contributed by atoms with Crippen LogP contribution in [0, 0.1) is 13.8 Å². The van der Waals surface area contributed by atoms with E-state index in [4.69, 9.17) is 10.5 Å². The number of nitrogens with two attached hydrogens (primary N) is 1. The lowest BCUT2D eigenvalue weighted by Gasteiger charge is -2.07. The van der Waals surface area contributed by atoms with Crippen LogP contribution in [0.4, 0.5) is 5.82 Å². The second-order valence-corrected chi connectivity index (χ2v) is 5.76. The van der Waals surface area contributed by atoms with Gasteiger partial charge in [0.15, 0.2) is 5.82 Å². The standard InChI is InChI=1S/C15H19N3OS/c1-10-4-11(2)6-12(5-10)9-20-15-7-13(16)17-14(18-15)8-19-3/h4-7H,8-9H2,1-3H3,(H2,16,17,18). The molecule has 2 aromatic rings. The number of rotatable bonds is 5. The number of benzene rings is 1. The first-order valence-electron chi connectivity index (χ1n) is 6.39. The van der Waals surface area contributed by atoms with Crippen molar-refractivity contribution in [2.75, 3.05) is 12.8 Å². The van der Waals surface area contributed by atoms with Gasteiger partial charge in [0.05, 0.1) is 0 Å². The molecule has 20 heavy (non-hydrogen) atoms. The van der Waals surface area contributed by atoms with Gasteiger partial charge in [-0.25, -0.2) is 9.97 Å². The number of hydrogen-bond donors (Lipinski definition) is 1. The van der Waals surface area contributed by atoms with E-state index >= 15 is 0 Å². The van der Waals surface area contributed by atoms with E-state index in [9.17, 15) is 0 Å². The van der Waals surface area contributed by atoms with Crippen molar-refractivity contribution in [2.24, 2.45) is 0 Å². The summed E-state index contributed by atoms with van der Waals surface area (Å²) >= 11 is 1.66. The molecule has 0 unspecified atom stereocenters. The smallest absolute Gasteiger partial charge is 0.157 e. The summed E-state index contributed by atoms with van der Waals surface area (Å²) in [5, 5.41) is 0.878. The molecular formula is C15H19N3OS. The summed E-state index contributed by atoms with van der Waals surface area (Å²) in [7, 11) is 1.62. The highest BCUT2D eigenvalue weighted by molar-refractivity contribution is 7.98. The first-order valence-corrected chi connectivity index (χ1v) is 7.37. The lowest BCUT2D eigenvalue weighted by molar-refractivity contribution is 0.177. The Morgan fingerprint density at radius 3 is 2.45 bits per heavy atom. The zero-order chi connectivity index (χ0) is 14.5. The Kier molecular flexibility index (Phi) is 4.98. The number of methoxy groups -OCH3 is 1. The molecule has 0 atom stereocenters. The van der Waals surface area contributed by atoms with Crippen molar-refractivity contribution < 1.29 is 4.74 Å². The molecule has 0 saturated heterocycles. The third-order valence-electron chi connectivity index (χ3n) is 2.71. The van der Waals surface area contributed by atoms with Crippen molar-refractivity contribution in [3.05, 3.63) is 46.8 Å². The normalized spacial score (nSPS) is 10.8. The van der Waals surface area contributed by atoms with E-state index in [-0.39, 0.29) is 0 Å². The molecule has 5 heteroatoms. The van der Waals surface area contributed by atoms with Gasteiger partial charge in [-0.1, -0.05) is 29.3 Å². The van der Waals surface area contributed by atoms with E-state index in [1.165, 1.54) is 16.7 Å². The maximum absolute atomic E-state index is 5.79. The molecule has 0 amide bonds. The summed E-state index contributed by atoms with van der Waals surface area (Å²) in [6.07, 6.45) is 0. The van der Waals surface area contributed by atoms with E-state index in [1.807, 2.05) is 0 Å². The Bertz CT molecular complexity index is 581. The fourth-order valence-electron chi connectivity index (χ4n) is 2.07. The van der Waals surface area contributed by atoms with Gasteiger partial charge < -0.3 is 10.5 Å². The van der Waals surface area contributed by atoms with Gasteiger partial charge in [-0.15, -0.1) is 11.8 Å². The number of aromatic nitrogens is 2. The third-order valence-corrected chi connectivity index (χ3v) is 3.69. The van der Waals surface area contributed by atoms with E-state index in [2.05, 4.69) is 42.0 Å². The zero-order valence-electron chi connectivity index (χ0n) is 12.0. The summed E-state index contributed by atoms with van der Waals surface area (Å²) in [6, 6.07) is 8.36. The highest BCUT2D eigenvalue weighted by Crippen LogP contribution is 2.23. The molecule has 1 aromatic heterocycles. The number of anilines is 1. The van der Waals surface area contributed by atoms with Crippen LogP contribution in [0.1, 0.15) is 22.5 Å². The van der Waals surface area contributed by atoms with Gasteiger partial charge in [-0.05, 0) is 19.4 Å². The van der Waals surface area contributed by atoms with Crippen molar-refractivity contribution in [1.82, 2.24) is 9.97 Å². The van der Waals surface area contributed by atoms with Crippen LogP contribution in [0.5, 0.6) is 0 Å².